The van der Waals surface area contributed by atoms with Gasteiger partial charge in [0.15, 0.2) is 11.5 Å². The molecule has 8 nitrogen and oxygen atoms in total. The molecule has 0 radical (unpaired) electrons. The molecule has 0 spiro atoms. The number of carbonyl (C=O) groups is 1. The Morgan fingerprint density at radius 1 is 1.08 bits per heavy atom. The summed E-state index contributed by atoms with van der Waals surface area (Å²) in [5, 5.41) is 18.2. The Balaban J connectivity index is 1.67. The van der Waals surface area contributed by atoms with E-state index < -0.39 is 11.9 Å². The summed E-state index contributed by atoms with van der Waals surface area (Å²) in [6, 6.07) is 20.0. The lowest BCUT2D eigenvalue weighted by molar-refractivity contribution is 0.0934. The number of benzene rings is 3. The number of carbonyl (C=O) groups excluding carboxylic acids is 1. The monoisotopic (exact) mass is 535 g/mol. The summed E-state index contributed by atoms with van der Waals surface area (Å²) in [5.41, 5.74) is 2.63. The fourth-order valence-electron chi connectivity index (χ4n) is 4.02. The molecule has 186 valence electrons. The second-order valence-electron chi connectivity index (χ2n) is 8.28. The highest BCUT2D eigenvalue weighted by atomic mass is 35.5. The molecular weight excluding hydrogens is 516 g/mol. The summed E-state index contributed by atoms with van der Waals surface area (Å²) in [4.78, 5) is 18.4. The molecule has 0 bridgehead atoms. The Morgan fingerprint density at radius 3 is 2.57 bits per heavy atom. The van der Waals surface area contributed by atoms with Gasteiger partial charge < -0.3 is 5.32 Å². The molecule has 0 aliphatic rings. The van der Waals surface area contributed by atoms with E-state index in [1.54, 1.807) is 37.3 Å². The van der Waals surface area contributed by atoms with Crippen LogP contribution >= 0.6 is 23.2 Å². The number of imidazole rings is 1. The third kappa shape index (κ3) is 5.23. The third-order valence-corrected chi connectivity index (χ3v) is 6.38. The molecule has 2 heterocycles. The van der Waals surface area contributed by atoms with Crippen LogP contribution < -0.4 is 5.32 Å². The largest absolute Gasteiger partial charge is 0.344 e. The van der Waals surface area contributed by atoms with E-state index in [2.05, 4.69) is 25.9 Å². The van der Waals surface area contributed by atoms with Gasteiger partial charge in [0, 0.05) is 16.3 Å². The molecule has 1 atom stereocenters. The smallest absolute Gasteiger partial charge is 0.272 e. The summed E-state index contributed by atoms with van der Waals surface area (Å²) < 4.78 is 15.6. The van der Waals surface area contributed by atoms with Crippen molar-refractivity contribution in [2.45, 2.75) is 19.4 Å². The molecule has 0 unspecified atom stereocenters. The second kappa shape index (κ2) is 10.5. The molecular formula is C26H20Cl2FN7O. The zero-order valence-electron chi connectivity index (χ0n) is 19.5. The summed E-state index contributed by atoms with van der Waals surface area (Å²) in [6.45, 7) is 1.77. The van der Waals surface area contributed by atoms with E-state index in [0.29, 0.717) is 44.2 Å². The quantitative estimate of drug-likeness (QED) is 0.283. The lowest BCUT2D eigenvalue weighted by Gasteiger charge is -2.15. The first kappa shape index (κ1) is 24.6. The maximum Gasteiger partial charge on any atom is 0.272 e. The average Bonchev–Trinajstić information content (AvgIpc) is 3.53. The lowest BCUT2D eigenvalue weighted by atomic mass is 10.1. The molecule has 0 saturated heterocycles. The molecule has 37 heavy (non-hydrogen) atoms. The van der Waals surface area contributed by atoms with Crippen molar-refractivity contribution >= 4 is 29.1 Å². The van der Waals surface area contributed by atoms with Crippen molar-refractivity contribution in [2.24, 2.45) is 0 Å². The normalized spacial score (nSPS) is 11.9. The topological polar surface area (TPSA) is 101 Å². The number of tetrazole rings is 1. The maximum absolute atomic E-state index is 13.8. The summed E-state index contributed by atoms with van der Waals surface area (Å²) in [6.07, 6.45) is 0.147. The van der Waals surface area contributed by atoms with Gasteiger partial charge in [-0.25, -0.2) is 9.37 Å². The van der Waals surface area contributed by atoms with Crippen LogP contribution in [0.15, 0.2) is 72.8 Å². The van der Waals surface area contributed by atoms with Crippen LogP contribution in [-0.2, 0) is 6.42 Å². The predicted octanol–water partition coefficient (Wildman–Crippen LogP) is 5.58. The van der Waals surface area contributed by atoms with E-state index in [-0.39, 0.29) is 17.9 Å². The molecule has 0 saturated carbocycles. The Hall–Kier alpha value is -4.08. The van der Waals surface area contributed by atoms with Gasteiger partial charge in [-0.15, -0.1) is 10.2 Å². The molecule has 0 fully saturated rings. The molecule has 3 aromatic carbocycles. The highest BCUT2D eigenvalue weighted by Gasteiger charge is 2.27. The van der Waals surface area contributed by atoms with E-state index in [9.17, 15) is 9.18 Å². The lowest BCUT2D eigenvalue weighted by Crippen LogP contribution is -2.28. The van der Waals surface area contributed by atoms with E-state index in [1.807, 2.05) is 34.9 Å². The van der Waals surface area contributed by atoms with Gasteiger partial charge >= 0.3 is 0 Å². The Kier molecular flexibility index (Phi) is 6.98. The number of aromatic amines is 1. The standard InChI is InChI=1S/C26H20Cl2FN7O/c1-15(16-5-4-6-18(29)13-16)30-26(37)24-22(14-23-32-34-35-33-23)36(19-11-9-17(27)10-12-19)25(31-24)20-7-2-3-8-21(20)28/h2-13,15H,14H2,1H3,(H,30,37)(H,32,33,34,35)/t15-/m1/s1. The fraction of sp³-hybridized carbons (Fsp3) is 0.115. The van der Waals surface area contributed by atoms with E-state index in [4.69, 9.17) is 28.2 Å². The number of H-pyrrole nitrogens is 1. The van der Waals surface area contributed by atoms with Gasteiger partial charge in [-0.05, 0) is 61.0 Å². The van der Waals surface area contributed by atoms with E-state index in [1.165, 1.54) is 12.1 Å². The minimum absolute atomic E-state index is 0.147. The minimum Gasteiger partial charge on any atom is -0.344 e. The van der Waals surface area contributed by atoms with Crippen molar-refractivity contribution in [3.05, 3.63) is 111 Å². The zero-order chi connectivity index (χ0) is 25.9. The number of rotatable bonds is 7. The van der Waals surface area contributed by atoms with Crippen LogP contribution in [0.2, 0.25) is 10.0 Å². The number of halogens is 3. The van der Waals surface area contributed by atoms with Crippen LogP contribution in [0, 0.1) is 5.82 Å². The number of nitrogens with zero attached hydrogens (tertiary/aromatic N) is 5. The number of nitrogens with one attached hydrogen (secondary N) is 2. The zero-order valence-corrected chi connectivity index (χ0v) is 21.0. The van der Waals surface area contributed by atoms with Crippen LogP contribution in [-0.4, -0.2) is 36.1 Å². The van der Waals surface area contributed by atoms with Crippen molar-refractivity contribution in [1.82, 2.24) is 35.5 Å². The molecule has 0 aliphatic carbocycles. The van der Waals surface area contributed by atoms with Crippen molar-refractivity contribution < 1.29 is 9.18 Å². The van der Waals surface area contributed by atoms with Gasteiger partial charge in [-0.1, -0.05) is 52.7 Å². The maximum atomic E-state index is 13.8. The number of hydrogen-bond donors (Lipinski definition) is 2. The summed E-state index contributed by atoms with van der Waals surface area (Å²) in [7, 11) is 0. The van der Waals surface area contributed by atoms with Crippen LogP contribution in [0.4, 0.5) is 4.39 Å². The first-order valence-corrected chi connectivity index (χ1v) is 12.1. The predicted molar refractivity (Wildman–Crippen MR) is 138 cm³/mol. The van der Waals surface area contributed by atoms with Crippen LogP contribution in [0.1, 0.15) is 40.5 Å². The Bertz CT molecular complexity index is 1550. The van der Waals surface area contributed by atoms with Gasteiger partial charge in [-0.3, -0.25) is 9.36 Å². The van der Waals surface area contributed by atoms with E-state index >= 15 is 0 Å². The van der Waals surface area contributed by atoms with Gasteiger partial charge in [0.1, 0.15) is 11.6 Å². The highest BCUT2D eigenvalue weighted by Crippen LogP contribution is 2.33. The Morgan fingerprint density at radius 2 is 1.86 bits per heavy atom. The van der Waals surface area contributed by atoms with Crippen molar-refractivity contribution in [3.63, 3.8) is 0 Å². The first-order valence-electron chi connectivity index (χ1n) is 11.3. The molecule has 1 amide bonds. The number of aromatic nitrogens is 6. The van der Waals surface area contributed by atoms with Crippen LogP contribution in [0.5, 0.6) is 0 Å². The molecule has 5 rings (SSSR count). The van der Waals surface area contributed by atoms with Gasteiger partial charge in [0.2, 0.25) is 0 Å². The SMILES string of the molecule is C[C@@H](NC(=O)c1nc(-c2ccccc2Cl)n(-c2ccc(Cl)cc2)c1Cc1nn[nH]n1)c1cccc(F)c1. The second-order valence-corrected chi connectivity index (χ2v) is 9.12. The van der Waals surface area contributed by atoms with E-state index in [0.717, 1.165) is 0 Å². The fourth-order valence-corrected chi connectivity index (χ4v) is 4.37. The van der Waals surface area contributed by atoms with Gasteiger partial charge in [-0.2, -0.15) is 5.21 Å². The molecule has 0 aliphatic heterocycles. The van der Waals surface area contributed by atoms with Crippen LogP contribution in [0.3, 0.4) is 0 Å². The van der Waals surface area contributed by atoms with Gasteiger partial charge in [0.25, 0.3) is 5.91 Å². The summed E-state index contributed by atoms with van der Waals surface area (Å²) in [5.74, 6) is -0.0104. The Labute approximate surface area is 221 Å². The number of hydrogen-bond acceptors (Lipinski definition) is 5. The third-order valence-electron chi connectivity index (χ3n) is 5.80. The van der Waals surface area contributed by atoms with Gasteiger partial charge in [0.05, 0.1) is 23.2 Å². The van der Waals surface area contributed by atoms with Crippen molar-refractivity contribution in [1.29, 1.82) is 0 Å². The molecule has 2 N–H and O–H groups in total. The summed E-state index contributed by atoms with van der Waals surface area (Å²) >= 11 is 12.7. The number of amides is 1. The minimum atomic E-state index is -0.481. The molecule has 2 aromatic heterocycles. The van der Waals surface area contributed by atoms with Crippen LogP contribution in [0.25, 0.3) is 17.1 Å². The molecule has 11 heteroatoms. The molecule has 5 aromatic rings. The van der Waals surface area contributed by atoms with Crippen molar-refractivity contribution in [2.75, 3.05) is 0 Å². The first-order chi connectivity index (χ1) is 17.9. The van der Waals surface area contributed by atoms with Crippen molar-refractivity contribution in [3.8, 4) is 17.1 Å². The highest BCUT2D eigenvalue weighted by molar-refractivity contribution is 6.33. The average molecular weight is 536 g/mol.